The average molecular weight is 215 g/mol. The zero-order valence-electron chi connectivity index (χ0n) is 8.35. The highest BCUT2D eigenvalue weighted by Crippen LogP contribution is 2.11. The first kappa shape index (κ1) is 10.5. The zero-order chi connectivity index (χ0) is 10.9. The fourth-order valence-corrected chi connectivity index (χ4v) is 2.14. The molecule has 1 N–H and O–H groups in total. The molecule has 1 unspecified atom stereocenters. The Hall–Kier alpha value is -0.965. The van der Waals surface area contributed by atoms with Crippen LogP contribution in [0.4, 0.5) is 12.9 Å². The van der Waals surface area contributed by atoms with Crippen molar-refractivity contribution < 1.29 is 17.8 Å². The van der Waals surface area contributed by atoms with Crippen LogP contribution in [0.2, 0.25) is 0 Å². The highest BCUT2D eigenvalue weighted by Gasteiger charge is 2.31. The third-order valence-electron chi connectivity index (χ3n) is 2.83. The predicted octanol–water partition coefficient (Wildman–Crippen LogP) is 1.01. The molecular formula is C10H13BF3N. The van der Waals surface area contributed by atoms with E-state index in [1.165, 1.54) is 5.56 Å². The maximum atomic E-state index is 12.3. The van der Waals surface area contributed by atoms with Crippen molar-refractivity contribution in [3.63, 3.8) is 0 Å². The Labute approximate surface area is 86.9 Å². The molecule has 15 heavy (non-hydrogen) atoms. The molecule has 0 fully saturated rings. The van der Waals surface area contributed by atoms with E-state index in [9.17, 15) is 12.9 Å². The monoisotopic (exact) mass is 215 g/mol. The summed E-state index contributed by atoms with van der Waals surface area (Å²) in [6.45, 7) is -3.55. The lowest BCUT2D eigenvalue weighted by molar-refractivity contribution is -0.907. The highest BCUT2D eigenvalue weighted by molar-refractivity contribution is 6.58. The number of benzene rings is 1. The molecule has 1 aliphatic heterocycles. The smallest absolute Gasteiger partial charge is 0.445 e. The van der Waals surface area contributed by atoms with Gasteiger partial charge < -0.3 is 17.8 Å². The molecule has 0 aromatic heterocycles. The SMILES string of the molecule is F[B-](F)(F)C[NH+]1CCc2ccccc2C1. The summed E-state index contributed by atoms with van der Waals surface area (Å²) in [5.74, 6) is 0. The van der Waals surface area contributed by atoms with Gasteiger partial charge in [0.2, 0.25) is 0 Å². The van der Waals surface area contributed by atoms with Crippen LogP contribution < -0.4 is 4.90 Å². The molecule has 0 aliphatic carbocycles. The summed E-state index contributed by atoms with van der Waals surface area (Å²) in [5.41, 5.74) is 2.27. The second-order valence-corrected chi connectivity index (χ2v) is 4.11. The van der Waals surface area contributed by atoms with E-state index in [0.29, 0.717) is 18.0 Å². The second kappa shape index (κ2) is 3.89. The second-order valence-electron chi connectivity index (χ2n) is 4.11. The van der Waals surface area contributed by atoms with Crippen LogP contribution >= 0.6 is 0 Å². The first-order valence-electron chi connectivity index (χ1n) is 5.16. The molecule has 0 saturated carbocycles. The minimum atomic E-state index is -4.66. The highest BCUT2D eigenvalue weighted by atomic mass is 19.4. The van der Waals surface area contributed by atoms with Gasteiger partial charge in [0.1, 0.15) is 6.54 Å². The van der Waals surface area contributed by atoms with Crippen LogP contribution in [0, 0.1) is 0 Å². The average Bonchev–Trinajstić information content (AvgIpc) is 2.15. The maximum Gasteiger partial charge on any atom is 0.531 e. The standard InChI is InChI=1S/C10H12BF3N/c12-11(13,14)8-15-6-5-9-3-1-2-4-10(9)7-15/h1-4H,5-8H2/q-1/p+1. The minimum absolute atomic E-state index is 0.511. The number of quaternary nitrogens is 1. The van der Waals surface area contributed by atoms with Crippen molar-refractivity contribution in [3.8, 4) is 0 Å². The van der Waals surface area contributed by atoms with E-state index in [0.717, 1.165) is 12.0 Å². The van der Waals surface area contributed by atoms with Gasteiger partial charge in [0, 0.05) is 12.0 Å². The molecule has 0 bridgehead atoms. The quantitative estimate of drug-likeness (QED) is 0.702. The van der Waals surface area contributed by atoms with Crippen LogP contribution in [0.3, 0.4) is 0 Å². The Balaban J connectivity index is 2.06. The van der Waals surface area contributed by atoms with E-state index >= 15 is 0 Å². The van der Waals surface area contributed by atoms with Crippen molar-refractivity contribution in [1.82, 2.24) is 0 Å². The van der Waals surface area contributed by atoms with Gasteiger partial charge in [-0.2, -0.15) is 0 Å². The predicted molar refractivity (Wildman–Crippen MR) is 53.6 cm³/mol. The molecule has 0 spiro atoms. The molecule has 1 atom stereocenters. The van der Waals surface area contributed by atoms with Gasteiger partial charge in [-0.1, -0.05) is 24.3 Å². The lowest BCUT2D eigenvalue weighted by Gasteiger charge is -2.29. The Morgan fingerprint density at radius 2 is 1.80 bits per heavy atom. The van der Waals surface area contributed by atoms with Gasteiger partial charge in [-0.05, 0) is 5.56 Å². The molecule has 1 heterocycles. The molecule has 0 saturated heterocycles. The fraction of sp³-hybridized carbons (Fsp3) is 0.400. The molecule has 0 amide bonds. The molecule has 82 valence electrons. The van der Waals surface area contributed by atoms with Gasteiger partial charge in [0.25, 0.3) is 0 Å². The Kier molecular flexibility index (Phi) is 2.73. The molecule has 1 nitrogen and oxygen atoms in total. The molecular weight excluding hydrogens is 202 g/mol. The third kappa shape index (κ3) is 2.75. The summed E-state index contributed by atoms with van der Waals surface area (Å²) in [4.78, 5) is 0.640. The molecule has 0 radical (unpaired) electrons. The number of rotatable bonds is 2. The van der Waals surface area contributed by atoms with Crippen LogP contribution in [0.5, 0.6) is 0 Å². The normalized spacial score (nSPS) is 21.1. The van der Waals surface area contributed by atoms with E-state index in [-0.39, 0.29) is 0 Å². The first-order valence-corrected chi connectivity index (χ1v) is 5.16. The van der Waals surface area contributed by atoms with Crippen molar-refractivity contribution >= 4 is 6.98 Å². The summed E-state index contributed by atoms with van der Waals surface area (Å²) in [6.07, 6.45) is 0.103. The van der Waals surface area contributed by atoms with Crippen molar-refractivity contribution in [2.75, 3.05) is 13.0 Å². The number of fused-ring (bicyclic) bond motifs is 1. The topological polar surface area (TPSA) is 4.44 Å². The third-order valence-corrected chi connectivity index (χ3v) is 2.83. The molecule has 1 aliphatic rings. The number of hydrogen-bond acceptors (Lipinski definition) is 0. The van der Waals surface area contributed by atoms with E-state index in [1.807, 2.05) is 24.3 Å². The van der Waals surface area contributed by atoms with Gasteiger partial charge in [0.15, 0.2) is 0 Å². The van der Waals surface area contributed by atoms with Crippen molar-refractivity contribution in [2.45, 2.75) is 13.0 Å². The number of nitrogens with one attached hydrogen (secondary N) is 1. The van der Waals surface area contributed by atoms with Crippen molar-refractivity contribution in [1.29, 1.82) is 0 Å². The van der Waals surface area contributed by atoms with Crippen LogP contribution in [-0.4, -0.2) is 20.0 Å². The molecule has 2 rings (SSSR count). The van der Waals surface area contributed by atoms with E-state index < -0.39 is 13.4 Å². The number of halogens is 3. The van der Waals surface area contributed by atoms with Gasteiger partial charge >= 0.3 is 6.98 Å². The Morgan fingerprint density at radius 3 is 2.47 bits per heavy atom. The fourth-order valence-electron chi connectivity index (χ4n) is 2.14. The molecule has 5 heteroatoms. The Morgan fingerprint density at radius 1 is 1.13 bits per heavy atom. The maximum absolute atomic E-state index is 12.3. The lowest BCUT2D eigenvalue weighted by atomic mass is 9.89. The van der Waals surface area contributed by atoms with Gasteiger partial charge in [-0.3, -0.25) is 0 Å². The van der Waals surface area contributed by atoms with Crippen LogP contribution in [-0.2, 0) is 13.0 Å². The van der Waals surface area contributed by atoms with Crippen LogP contribution in [0.1, 0.15) is 11.1 Å². The van der Waals surface area contributed by atoms with E-state index in [2.05, 4.69) is 0 Å². The summed E-state index contributed by atoms with van der Waals surface area (Å²) < 4.78 is 36.8. The zero-order valence-corrected chi connectivity index (χ0v) is 8.35. The van der Waals surface area contributed by atoms with Crippen LogP contribution in [0.15, 0.2) is 24.3 Å². The van der Waals surface area contributed by atoms with E-state index in [4.69, 9.17) is 0 Å². The lowest BCUT2D eigenvalue weighted by Crippen LogP contribution is -3.13. The van der Waals surface area contributed by atoms with E-state index in [1.54, 1.807) is 0 Å². The summed E-state index contributed by atoms with van der Waals surface area (Å²) in [5, 5.41) is 0. The largest absolute Gasteiger partial charge is 0.531 e. The summed E-state index contributed by atoms with van der Waals surface area (Å²) in [7, 11) is 0. The first-order chi connectivity index (χ1) is 7.04. The minimum Gasteiger partial charge on any atom is -0.445 e. The molecule has 1 aromatic carbocycles. The number of hydrogen-bond donors (Lipinski definition) is 1. The van der Waals surface area contributed by atoms with Gasteiger partial charge in [-0.25, -0.2) is 0 Å². The summed E-state index contributed by atoms with van der Waals surface area (Å²) >= 11 is 0. The molecule has 1 aromatic rings. The van der Waals surface area contributed by atoms with Crippen LogP contribution in [0.25, 0.3) is 0 Å². The summed E-state index contributed by atoms with van der Waals surface area (Å²) in [6, 6.07) is 7.76. The van der Waals surface area contributed by atoms with Crippen molar-refractivity contribution in [3.05, 3.63) is 35.4 Å². The van der Waals surface area contributed by atoms with Gasteiger partial charge in [-0.15, -0.1) is 0 Å². The Bertz CT molecular complexity index is 351. The van der Waals surface area contributed by atoms with Gasteiger partial charge in [0.05, 0.1) is 13.0 Å². The van der Waals surface area contributed by atoms with Crippen molar-refractivity contribution in [2.24, 2.45) is 0 Å².